The number of ether oxygens (including phenoxy) is 1. The Hall–Kier alpha value is -0.350. The fourth-order valence-corrected chi connectivity index (χ4v) is 1.98. The summed E-state index contributed by atoms with van der Waals surface area (Å²) in [5.41, 5.74) is 0.927. The van der Waals surface area contributed by atoms with Gasteiger partial charge in [-0.25, -0.2) is 0 Å². The van der Waals surface area contributed by atoms with Crippen LogP contribution in [-0.4, -0.2) is 17.7 Å². The average molecular weight is 336 g/mol. The van der Waals surface area contributed by atoms with Gasteiger partial charge in [-0.2, -0.15) is 0 Å². The molecule has 0 unspecified atom stereocenters. The van der Waals surface area contributed by atoms with E-state index in [4.69, 9.17) is 4.74 Å². The second kappa shape index (κ2) is 6.28. The van der Waals surface area contributed by atoms with Gasteiger partial charge >= 0.3 is 0 Å². The quantitative estimate of drug-likeness (QED) is 0.771. The number of hydrogen-bond acceptors (Lipinski definition) is 2. The predicted octanol–water partition coefficient (Wildman–Crippen LogP) is 3.35. The minimum absolute atomic E-state index is 0.147. The lowest BCUT2D eigenvalue weighted by atomic mass is 10.1. The van der Waals surface area contributed by atoms with Gasteiger partial charge in [0.05, 0.1) is 16.4 Å². The maximum absolute atomic E-state index is 11.3. The van der Waals surface area contributed by atoms with Crippen LogP contribution >= 0.6 is 31.9 Å². The molecule has 2 nitrogen and oxygen atoms in total. The molecule has 0 radical (unpaired) electrons. The third kappa shape index (κ3) is 3.61. The van der Waals surface area contributed by atoms with Gasteiger partial charge in [-0.3, -0.25) is 4.79 Å². The minimum Gasteiger partial charge on any atom is -0.492 e. The van der Waals surface area contributed by atoms with Crippen molar-refractivity contribution in [2.45, 2.75) is 13.3 Å². The van der Waals surface area contributed by atoms with E-state index in [1.165, 1.54) is 0 Å². The number of ketones is 1. The number of Topliss-reactive ketones (excluding diaryl/α,β-unsaturated/α-hetero) is 1. The summed E-state index contributed by atoms with van der Waals surface area (Å²) in [4.78, 5) is 11.3. The number of halogens is 2. The second-order valence-electron chi connectivity index (χ2n) is 3.01. The lowest BCUT2D eigenvalue weighted by Crippen LogP contribution is -2.06. The first kappa shape index (κ1) is 12.7. The van der Waals surface area contributed by atoms with Crippen molar-refractivity contribution in [3.05, 3.63) is 28.2 Å². The topological polar surface area (TPSA) is 26.3 Å². The number of para-hydroxylation sites is 1. The first-order valence-electron chi connectivity index (χ1n) is 4.66. The van der Waals surface area contributed by atoms with Crippen LogP contribution in [0.2, 0.25) is 0 Å². The van der Waals surface area contributed by atoms with Gasteiger partial charge in [0.15, 0.2) is 0 Å². The molecule has 0 aromatic heterocycles. The van der Waals surface area contributed by atoms with Crippen LogP contribution in [0.25, 0.3) is 0 Å². The van der Waals surface area contributed by atoms with Gasteiger partial charge in [0, 0.05) is 12.0 Å². The van der Waals surface area contributed by atoms with E-state index in [-0.39, 0.29) is 5.78 Å². The molecule has 1 aromatic rings. The van der Waals surface area contributed by atoms with Crippen molar-refractivity contribution >= 4 is 37.6 Å². The summed E-state index contributed by atoms with van der Waals surface area (Å²) < 4.78 is 6.39. The van der Waals surface area contributed by atoms with E-state index in [1.54, 1.807) is 0 Å². The highest BCUT2D eigenvalue weighted by atomic mass is 79.9. The standard InChI is InChI=1S/C11H12Br2O2/c1-2-15-11-8(6-9(14)7-12)4-3-5-10(11)13/h3-5H,2,6-7H2,1H3. The van der Waals surface area contributed by atoms with Crippen molar-refractivity contribution in [3.8, 4) is 5.75 Å². The number of rotatable bonds is 5. The van der Waals surface area contributed by atoms with Gasteiger partial charge in [-0.05, 0) is 28.9 Å². The van der Waals surface area contributed by atoms with Crippen LogP contribution in [0, 0.1) is 0 Å². The largest absolute Gasteiger partial charge is 0.492 e. The molecular formula is C11H12Br2O2. The summed E-state index contributed by atoms with van der Waals surface area (Å²) in [6.07, 6.45) is 0.403. The molecule has 1 aromatic carbocycles. The highest BCUT2D eigenvalue weighted by Crippen LogP contribution is 2.29. The van der Waals surface area contributed by atoms with Gasteiger partial charge in [-0.1, -0.05) is 28.1 Å². The summed E-state index contributed by atoms with van der Waals surface area (Å²) in [6.45, 7) is 2.52. The molecule has 0 saturated heterocycles. The zero-order chi connectivity index (χ0) is 11.3. The smallest absolute Gasteiger partial charge is 0.147 e. The van der Waals surface area contributed by atoms with Gasteiger partial charge in [0.25, 0.3) is 0 Å². The Morgan fingerprint density at radius 3 is 2.80 bits per heavy atom. The zero-order valence-electron chi connectivity index (χ0n) is 8.43. The zero-order valence-corrected chi connectivity index (χ0v) is 11.6. The number of carbonyl (C=O) groups is 1. The number of hydrogen-bond donors (Lipinski definition) is 0. The minimum atomic E-state index is 0.147. The third-order valence-corrected chi connectivity index (χ3v) is 3.12. The molecule has 4 heteroatoms. The van der Waals surface area contributed by atoms with Gasteiger partial charge in [-0.15, -0.1) is 0 Å². The Morgan fingerprint density at radius 2 is 2.20 bits per heavy atom. The first-order chi connectivity index (χ1) is 7.19. The summed E-state index contributed by atoms with van der Waals surface area (Å²) in [6, 6.07) is 5.73. The van der Waals surface area contributed by atoms with Crippen molar-refractivity contribution in [1.29, 1.82) is 0 Å². The molecule has 0 aliphatic carbocycles. The Kier molecular flexibility index (Phi) is 5.32. The van der Waals surface area contributed by atoms with Crippen LogP contribution in [0.15, 0.2) is 22.7 Å². The van der Waals surface area contributed by atoms with E-state index in [1.807, 2.05) is 25.1 Å². The molecule has 0 spiro atoms. The Morgan fingerprint density at radius 1 is 1.47 bits per heavy atom. The molecule has 1 rings (SSSR count). The van der Waals surface area contributed by atoms with Crippen LogP contribution in [0.1, 0.15) is 12.5 Å². The predicted molar refractivity (Wildman–Crippen MR) is 67.8 cm³/mol. The number of carbonyl (C=O) groups excluding carboxylic acids is 1. The van der Waals surface area contributed by atoms with Crippen LogP contribution in [-0.2, 0) is 11.2 Å². The molecule has 0 saturated carbocycles. The lowest BCUT2D eigenvalue weighted by molar-refractivity contribution is -0.115. The van der Waals surface area contributed by atoms with Gasteiger partial charge < -0.3 is 4.74 Å². The second-order valence-corrected chi connectivity index (χ2v) is 4.43. The summed E-state index contributed by atoms with van der Waals surface area (Å²) >= 11 is 6.56. The van der Waals surface area contributed by atoms with Crippen molar-refractivity contribution in [3.63, 3.8) is 0 Å². The van der Waals surface area contributed by atoms with Crippen LogP contribution in [0.5, 0.6) is 5.75 Å². The fraction of sp³-hybridized carbons (Fsp3) is 0.364. The summed E-state index contributed by atoms with van der Waals surface area (Å²) in [7, 11) is 0. The molecule has 0 amide bonds. The third-order valence-electron chi connectivity index (χ3n) is 1.87. The lowest BCUT2D eigenvalue weighted by Gasteiger charge is -2.10. The summed E-state index contributed by atoms with van der Waals surface area (Å²) in [5, 5.41) is 0.380. The van der Waals surface area contributed by atoms with E-state index in [2.05, 4.69) is 31.9 Å². The molecule has 0 fully saturated rings. The molecule has 0 aliphatic heterocycles. The average Bonchev–Trinajstić information content (AvgIpc) is 2.23. The first-order valence-corrected chi connectivity index (χ1v) is 6.58. The van der Waals surface area contributed by atoms with Crippen LogP contribution < -0.4 is 4.74 Å². The Balaban J connectivity index is 2.94. The van der Waals surface area contributed by atoms with Gasteiger partial charge in [0.1, 0.15) is 11.5 Å². The maximum atomic E-state index is 11.3. The van der Waals surface area contributed by atoms with E-state index in [0.29, 0.717) is 18.4 Å². The Bertz CT molecular complexity index is 350. The normalized spacial score (nSPS) is 10.1. The highest BCUT2D eigenvalue weighted by molar-refractivity contribution is 9.10. The van der Waals surface area contributed by atoms with Crippen molar-refractivity contribution in [2.24, 2.45) is 0 Å². The molecule has 82 valence electrons. The molecule has 0 atom stereocenters. The van der Waals surface area contributed by atoms with Crippen molar-refractivity contribution < 1.29 is 9.53 Å². The van der Waals surface area contributed by atoms with Gasteiger partial charge in [0.2, 0.25) is 0 Å². The number of alkyl halides is 1. The highest BCUT2D eigenvalue weighted by Gasteiger charge is 2.10. The fourth-order valence-electron chi connectivity index (χ4n) is 1.26. The van der Waals surface area contributed by atoms with E-state index in [9.17, 15) is 4.79 Å². The molecule has 0 N–H and O–H groups in total. The van der Waals surface area contributed by atoms with Crippen molar-refractivity contribution in [1.82, 2.24) is 0 Å². The SMILES string of the molecule is CCOc1c(Br)cccc1CC(=O)CBr. The van der Waals surface area contributed by atoms with Crippen molar-refractivity contribution in [2.75, 3.05) is 11.9 Å². The Labute approximate surface area is 106 Å². The van der Waals surface area contributed by atoms with E-state index >= 15 is 0 Å². The monoisotopic (exact) mass is 334 g/mol. The maximum Gasteiger partial charge on any atom is 0.147 e. The van der Waals surface area contributed by atoms with Crippen LogP contribution in [0.3, 0.4) is 0 Å². The molecule has 0 aliphatic rings. The van der Waals surface area contributed by atoms with E-state index < -0.39 is 0 Å². The molecular weight excluding hydrogens is 324 g/mol. The number of benzene rings is 1. The molecule has 15 heavy (non-hydrogen) atoms. The van der Waals surface area contributed by atoms with Crippen LogP contribution in [0.4, 0.5) is 0 Å². The van der Waals surface area contributed by atoms with E-state index in [0.717, 1.165) is 15.8 Å². The summed E-state index contributed by atoms with van der Waals surface area (Å²) in [5.74, 6) is 0.920. The molecule has 0 bridgehead atoms. The molecule has 0 heterocycles.